The second kappa shape index (κ2) is 7.46. The number of likely N-dealkylation sites (tertiary alicyclic amines) is 1. The van der Waals surface area contributed by atoms with Crippen LogP contribution in [0.15, 0.2) is 18.2 Å². The summed E-state index contributed by atoms with van der Waals surface area (Å²) in [4.78, 5) is 2.43. The quantitative estimate of drug-likeness (QED) is 0.792. The summed E-state index contributed by atoms with van der Waals surface area (Å²) in [7, 11) is -3.18. The Bertz CT molecular complexity index is 752. The first-order valence-corrected chi connectivity index (χ1v) is 11.2. The van der Waals surface area contributed by atoms with Crippen molar-refractivity contribution in [3.63, 3.8) is 0 Å². The van der Waals surface area contributed by atoms with Crippen LogP contribution >= 0.6 is 0 Å². The number of sulfonamides is 1. The lowest BCUT2D eigenvalue weighted by atomic mass is 9.92. The lowest BCUT2D eigenvalue weighted by Crippen LogP contribution is -2.53. The maximum Gasteiger partial charge on any atom is 0.214 e. The zero-order valence-corrected chi connectivity index (χ0v) is 16.2. The second-order valence-corrected chi connectivity index (χ2v) is 9.69. The first kappa shape index (κ1) is 18.2. The predicted molar refractivity (Wildman–Crippen MR) is 99.8 cm³/mol. The Morgan fingerprint density at radius 2 is 2.12 bits per heavy atom. The van der Waals surface area contributed by atoms with Crippen LogP contribution in [0.2, 0.25) is 0 Å². The van der Waals surface area contributed by atoms with Crippen molar-refractivity contribution < 1.29 is 17.9 Å². The fourth-order valence-corrected chi connectivity index (χ4v) is 5.82. The highest BCUT2D eigenvalue weighted by Crippen LogP contribution is 2.30. The number of fused-ring (bicyclic) bond motifs is 2. The number of piperidine rings is 1. The molecular formula is C19H28N2O4S. The monoisotopic (exact) mass is 380 g/mol. The van der Waals surface area contributed by atoms with E-state index in [0.29, 0.717) is 19.8 Å². The number of nitrogens with zero attached hydrogens (tertiary/aromatic N) is 2. The highest BCUT2D eigenvalue weighted by Gasteiger charge is 2.39. The Morgan fingerprint density at radius 1 is 1.23 bits per heavy atom. The van der Waals surface area contributed by atoms with E-state index in [1.807, 2.05) is 0 Å². The van der Waals surface area contributed by atoms with Crippen LogP contribution in [0.4, 0.5) is 0 Å². The Kier molecular flexibility index (Phi) is 5.23. The van der Waals surface area contributed by atoms with Gasteiger partial charge in [-0.25, -0.2) is 8.42 Å². The smallest absolute Gasteiger partial charge is 0.214 e. The van der Waals surface area contributed by atoms with Crippen molar-refractivity contribution in [2.45, 2.75) is 32.4 Å². The summed E-state index contributed by atoms with van der Waals surface area (Å²) in [6.07, 6.45) is 1.87. The van der Waals surface area contributed by atoms with Crippen LogP contribution in [0, 0.1) is 5.92 Å². The van der Waals surface area contributed by atoms with Crippen molar-refractivity contribution in [2.75, 3.05) is 45.2 Å². The number of ether oxygens (including phenoxy) is 2. The van der Waals surface area contributed by atoms with Gasteiger partial charge in [-0.3, -0.25) is 4.90 Å². The van der Waals surface area contributed by atoms with Gasteiger partial charge in [0.2, 0.25) is 10.0 Å². The Balaban J connectivity index is 1.45. The number of hydrogen-bond donors (Lipinski definition) is 0. The summed E-state index contributed by atoms with van der Waals surface area (Å²) in [6, 6.07) is 6.56. The average Bonchev–Trinajstić information content (AvgIpc) is 2.99. The molecule has 2 saturated heterocycles. The maximum absolute atomic E-state index is 12.5. The molecule has 26 heavy (non-hydrogen) atoms. The van der Waals surface area contributed by atoms with Gasteiger partial charge in [-0.05, 0) is 30.5 Å². The number of hydrogen-bond acceptors (Lipinski definition) is 5. The standard InChI is InChI=1S/C19H28N2O4S/c1-2-26(22,23)21-8-10-24-14-17-13-20(7-5-18(17)21)12-15-3-4-19-16(11-15)6-9-25-19/h3-4,11,17-18H,2,5-10,12-14H2,1H3/t17-,18-/m1/s1. The van der Waals surface area contributed by atoms with Crippen molar-refractivity contribution >= 4 is 10.0 Å². The normalized spacial score (nSPS) is 27.4. The van der Waals surface area contributed by atoms with Crippen molar-refractivity contribution in [1.82, 2.24) is 9.21 Å². The van der Waals surface area contributed by atoms with Crippen LogP contribution in [-0.4, -0.2) is 68.9 Å². The van der Waals surface area contributed by atoms with E-state index >= 15 is 0 Å². The van der Waals surface area contributed by atoms with E-state index in [0.717, 1.165) is 44.8 Å². The molecule has 3 aliphatic heterocycles. The Hall–Kier alpha value is -1.15. The Morgan fingerprint density at radius 3 is 2.96 bits per heavy atom. The molecule has 3 heterocycles. The summed E-state index contributed by atoms with van der Waals surface area (Å²) in [5, 5.41) is 0. The summed E-state index contributed by atoms with van der Waals surface area (Å²) in [5.74, 6) is 1.42. The van der Waals surface area contributed by atoms with Crippen molar-refractivity contribution in [2.24, 2.45) is 5.92 Å². The van der Waals surface area contributed by atoms with Gasteiger partial charge in [0.05, 0.1) is 25.6 Å². The fraction of sp³-hybridized carbons (Fsp3) is 0.684. The predicted octanol–water partition coefficient (Wildman–Crippen LogP) is 1.49. The summed E-state index contributed by atoms with van der Waals surface area (Å²) < 4.78 is 38.0. The third-order valence-electron chi connectivity index (χ3n) is 5.82. The van der Waals surface area contributed by atoms with Crippen molar-refractivity contribution in [3.05, 3.63) is 29.3 Å². The lowest BCUT2D eigenvalue weighted by Gasteiger charge is -2.41. The number of benzene rings is 1. The van der Waals surface area contributed by atoms with Gasteiger partial charge in [0.1, 0.15) is 5.75 Å². The second-order valence-electron chi connectivity index (χ2n) is 7.48. The first-order valence-electron chi connectivity index (χ1n) is 9.61. The topological polar surface area (TPSA) is 59.1 Å². The van der Waals surface area contributed by atoms with Gasteiger partial charge in [-0.1, -0.05) is 12.1 Å². The molecule has 0 aliphatic carbocycles. The zero-order valence-electron chi connectivity index (χ0n) is 15.4. The molecule has 0 spiro atoms. The van der Waals surface area contributed by atoms with Crippen LogP contribution in [-0.2, 0) is 27.7 Å². The molecule has 6 nitrogen and oxygen atoms in total. The van der Waals surface area contributed by atoms with Gasteiger partial charge < -0.3 is 9.47 Å². The molecule has 0 saturated carbocycles. The van der Waals surface area contributed by atoms with Gasteiger partial charge in [0, 0.05) is 44.6 Å². The Labute approximate surface area is 156 Å². The van der Waals surface area contributed by atoms with Crippen LogP contribution < -0.4 is 4.74 Å². The minimum Gasteiger partial charge on any atom is -0.493 e. The average molecular weight is 381 g/mol. The summed E-state index contributed by atoms with van der Waals surface area (Å²) >= 11 is 0. The highest BCUT2D eigenvalue weighted by atomic mass is 32.2. The summed E-state index contributed by atoms with van der Waals surface area (Å²) in [6.45, 7) is 6.84. The van der Waals surface area contributed by atoms with Crippen LogP contribution in [0.1, 0.15) is 24.5 Å². The fourth-order valence-electron chi connectivity index (χ4n) is 4.44. The van der Waals surface area contributed by atoms with E-state index in [-0.39, 0.29) is 17.7 Å². The van der Waals surface area contributed by atoms with Gasteiger partial charge >= 0.3 is 0 Å². The van der Waals surface area contributed by atoms with E-state index in [9.17, 15) is 8.42 Å². The van der Waals surface area contributed by atoms with Gasteiger partial charge in [-0.2, -0.15) is 4.31 Å². The van der Waals surface area contributed by atoms with Crippen LogP contribution in [0.25, 0.3) is 0 Å². The van der Waals surface area contributed by atoms with Gasteiger partial charge in [0.15, 0.2) is 0 Å². The van der Waals surface area contributed by atoms with Crippen molar-refractivity contribution in [3.8, 4) is 5.75 Å². The van der Waals surface area contributed by atoms with Gasteiger partial charge in [-0.15, -0.1) is 0 Å². The number of rotatable bonds is 4. The molecule has 2 atom stereocenters. The minimum absolute atomic E-state index is 0.0760. The molecule has 0 unspecified atom stereocenters. The largest absolute Gasteiger partial charge is 0.493 e. The summed E-state index contributed by atoms with van der Waals surface area (Å²) in [5.41, 5.74) is 2.61. The molecule has 0 amide bonds. The van der Waals surface area contributed by atoms with E-state index in [4.69, 9.17) is 9.47 Å². The molecule has 3 aliphatic rings. The van der Waals surface area contributed by atoms with Crippen LogP contribution in [0.3, 0.4) is 0 Å². The van der Waals surface area contributed by atoms with Crippen molar-refractivity contribution in [1.29, 1.82) is 0 Å². The molecule has 0 aromatic heterocycles. The third-order valence-corrected chi connectivity index (χ3v) is 7.72. The van der Waals surface area contributed by atoms with E-state index in [2.05, 4.69) is 23.1 Å². The molecule has 2 fully saturated rings. The minimum atomic E-state index is -3.18. The van der Waals surface area contributed by atoms with E-state index in [1.165, 1.54) is 11.1 Å². The molecule has 0 bridgehead atoms. The SMILES string of the molecule is CCS(=O)(=O)N1CCOC[C@H]2CN(Cc3ccc4c(c3)CCO4)CC[C@H]21. The molecule has 1 aromatic carbocycles. The molecular weight excluding hydrogens is 352 g/mol. The lowest BCUT2D eigenvalue weighted by molar-refractivity contribution is 0.0612. The molecule has 0 N–H and O–H groups in total. The van der Waals surface area contributed by atoms with E-state index in [1.54, 1.807) is 11.2 Å². The molecule has 7 heteroatoms. The molecule has 1 aromatic rings. The van der Waals surface area contributed by atoms with E-state index < -0.39 is 10.0 Å². The molecule has 4 rings (SSSR count). The molecule has 144 valence electrons. The maximum atomic E-state index is 12.5. The van der Waals surface area contributed by atoms with Gasteiger partial charge in [0.25, 0.3) is 0 Å². The highest BCUT2D eigenvalue weighted by molar-refractivity contribution is 7.89. The first-order chi connectivity index (χ1) is 12.6. The third kappa shape index (κ3) is 3.63. The zero-order chi connectivity index (χ0) is 18.1. The molecule has 0 radical (unpaired) electrons. The van der Waals surface area contributed by atoms with Crippen LogP contribution in [0.5, 0.6) is 5.75 Å².